The summed E-state index contributed by atoms with van der Waals surface area (Å²) in [5.74, 6) is -0.752. The van der Waals surface area contributed by atoms with E-state index < -0.39 is 12.2 Å². The van der Waals surface area contributed by atoms with E-state index in [-0.39, 0.29) is 11.3 Å². The van der Waals surface area contributed by atoms with Gasteiger partial charge >= 0.3 is 6.36 Å². The van der Waals surface area contributed by atoms with Crippen LogP contribution in [-0.4, -0.2) is 6.36 Å². The lowest BCUT2D eigenvalue weighted by molar-refractivity contribution is -0.274. The van der Waals surface area contributed by atoms with Crippen LogP contribution in [0.15, 0.2) is 49.0 Å². The Bertz CT molecular complexity index is 615. The molecule has 1 nitrogen and oxygen atoms in total. The third-order valence-corrected chi connectivity index (χ3v) is 2.64. The third kappa shape index (κ3) is 3.38. The Labute approximate surface area is 113 Å². The van der Waals surface area contributed by atoms with Gasteiger partial charge in [0, 0.05) is 5.56 Å². The maximum absolute atomic E-state index is 12.8. The Balaban J connectivity index is 2.43. The fraction of sp³-hybridized carbons (Fsp3) is 0.0667. The molecule has 0 aliphatic carbocycles. The minimum atomic E-state index is -4.78. The molecule has 20 heavy (non-hydrogen) atoms. The highest BCUT2D eigenvalue weighted by Crippen LogP contribution is 2.32. The minimum Gasteiger partial charge on any atom is -0.405 e. The first-order chi connectivity index (χ1) is 9.39. The smallest absolute Gasteiger partial charge is 0.405 e. The molecule has 104 valence electrons. The molecule has 2 rings (SSSR count). The van der Waals surface area contributed by atoms with Crippen LogP contribution in [-0.2, 0) is 0 Å². The number of hydrogen-bond acceptors (Lipinski definition) is 1. The zero-order chi connectivity index (χ0) is 14.8. The Hall–Kier alpha value is -2.30. The van der Waals surface area contributed by atoms with Crippen molar-refractivity contribution in [1.82, 2.24) is 0 Å². The summed E-state index contributed by atoms with van der Waals surface area (Å²) >= 11 is 0. The van der Waals surface area contributed by atoms with E-state index in [1.54, 1.807) is 6.07 Å². The van der Waals surface area contributed by atoms with Gasteiger partial charge in [0.15, 0.2) is 0 Å². The number of alkyl halides is 3. The van der Waals surface area contributed by atoms with Gasteiger partial charge in [-0.3, -0.25) is 0 Å². The van der Waals surface area contributed by atoms with E-state index in [9.17, 15) is 17.6 Å². The first-order valence-corrected chi connectivity index (χ1v) is 5.67. The minimum absolute atomic E-state index is 0.230. The Kier molecular flexibility index (Phi) is 3.79. The van der Waals surface area contributed by atoms with Crippen molar-refractivity contribution in [2.24, 2.45) is 0 Å². The predicted octanol–water partition coefficient (Wildman–Crippen LogP) is 5.03. The first-order valence-electron chi connectivity index (χ1n) is 5.67. The SMILES string of the molecule is C=Cc1ccc(-c2ccc(F)cc2)cc1OC(F)(F)F. The highest BCUT2D eigenvalue weighted by molar-refractivity contribution is 5.69. The molecule has 0 spiro atoms. The van der Waals surface area contributed by atoms with Gasteiger partial charge in [-0.25, -0.2) is 4.39 Å². The van der Waals surface area contributed by atoms with E-state index in [1.807, 2.05) is 0 Å². The summed E-state index contributed by atoms with van der Waals surface area (Å²) in [5, 5.41) is 0. The fourth-order valence-electron chi connectivity index (χ4n) is 1.74. The number of halogens is 4. The van der Waals surface area contributed by atoms with Gasteiger partial charge in [0.25, 0.3) is 0 Å². The molecular weight excluding hydrogens is 272 g/mol. The summed E-state index contributed by atoms with van der Waals surface area (Å²) in [7, 11) is 0. The lowest BCUT2D eigenvalue weighted by Gasteiger charge is -2.13. The van der Waals surface area contributed by atoms with Gasteiger partial charge in [-0.05, 0) is 29.3 Å². The van der Waals surface area contributed by atoms with Gasteiger partial charge in [-0.1, -0.05) is 36.9 Å². The van der Waals surface area contributed by atoms with Crippen LogP contribution in [0.25, 0.3) is 17.2 Å². The van der Waals surface area contributed by atoms with Crippen molar-refractivity contribution in [2.75, 3.05) is 0 Å². The Morgan fingerprint density at radius 3 is 2.10 bits per heavy atom. The van der Waals surface area contributed by atoms with Crippen molar-refractivity contribution >= 4 is 6.08 Å². The molecule has 0 atom stereocenters. The molecule has 0 fully saturated rings. The van der Waals surface area contributed by atoms with Crippen molar-refractivity contribution in [3.8, 4) is 16.9 Å². The van der Waals surface area contributed by atoms with Crippen molar-refractivity contribution in [1.29, 1.82) is 0 Å². The quantitative estimate of drug-likeness (QED) is 0.717. The number of rotatable bonds is 3. The van der Waals surface area contributed by atoms with Crippen molar-refractivity contribution in [2.45, 2.75) is 6.36 Å². The molecule has 0 amide bonds. The first kappa shape index (κ1) is 14.1. The van der Waals surface area contributed by atoms with Gasteiger partial charge in [0.05, 0.1) is 0 Å². The van der Waals surface area contributed by atoms with Crippen LogP contribution >= 0.6 is 0 Å². The summed E-state index contributed by atoms with van der Waals surface area (Å²) in [6.07, 6.45) is -3.51. The van der Waals surface area contributed by atoms with Crippen LogP contribution in [0.3, 0.4) is 0 Å². The maximum atomic E-state index is 12.8. The molecule has 0 radical (unpaired) electrons. The molecule has 0 aliphatic heterocycles. The molecule has 0 unspecified atom stereocenters. The number of ether oxygens (including phenoxy) is 1. The van der Waals surface area contributed by atoms with Gasteiger partial charge in [-0.15, -0.1) is 13.2 Å². The van der Waals surface area contributed by atoms with E-state index in [1.165, 1.54) is 42.5 Å². The summed E-state index contributed by atoms with van der Waals surface area (Å²) in [5.41, 5.74) is 1.32. The highest BCUT2D eigenvalue weighted by atomic mass is 19.4. The molecule has 0 saturated carbocycles. The maximum Gasteiger partial charge on any atom is 0.573 e. The summed E-state index contributed by atoms with van der Waals surface area (Å²) < 4.78 is 53.8. The summed E-state index contributed by atoms with van der Waals surface area (Å²) in [6, 6.07) is 9.77. The molecule has 2 aromatic carbocycles. The molecule has 0 N–H and O–H groups in total. The van der Waals surface area contributed by atoms with E-state index in [2.05, 4.69) is 11.3 Å². The van der Waals surface area contributed by atoms with Crippen molar-refractivity contribution in [3.63, 3.8) is 0 Å². The van der Waals surface area contributed by atoms with Gasteiger partial charge in [-0.2, -0.15) is 0 Å². The third-order valence-electron chi connectivity index (χ3n) is 2.64. The summed E-state index contributed by atoms with van der Waals surface area (Å²) in [4.78, 5) is 0. The van der Waals surface area contributed by atoms with E-state index in [0.29, 0.717) is 11.1 Å². The Morgan fingerprint density at radius 1 is 0.950 bits per heavy atom. The standard InChI is InChI=1S/C15H10F4O/c1-2-10-3-4-12(9-14(10)20-15(17,18)19)11-5-7-13(16)8-6-11/h2-9H,1H2. The topological polar surface area (TPSA) is 9.23 Å². The highest BCUT2D eigenvalue weighted by Gasteiger charge is 2.32. The molecule has 0 aliphatic rings. The van der Waals surface area contributed by atoms with Crippen LogP contribution in [0, 0.1) is 5.82 Å². The second-order valence-corrected chi connectivity index (χ2v) is 4.01. The van der Waals surface area contributed by atoms with Crippen molar-refractivity contribution < 1.29 is 22.3 Å². The van der Waals surface area contributed by atoms with Crippen LogP contribution in [0.1, 0.15) is 5.56 Å². The lowest BCUT2D eigenvalue weighted by atomic mass is 10.0. The zero-order valence-electron chi connectivity index (χ0n) is 10.2. The van der Waals surface area contributed by atoms with E-state index >= 15 is 0 Å². The van der Waals surface area contributed by atoms with Crippen molar-refractivity contribution in [3.05, 3.63) is 60.4 Å². The van der Waals surface area contributed by atoms with Crippen LogP contribution < -0.4 is 4.74 Å². The van der Waals surface area contributed by atoms with E-state index in [0.717, 1.165) is 0 Å². The molecule has 5 heteroatoms. The molecule has 0 saturated heterocycles. The van der Waals surface area contributed by atoms with Gasteiger partial charge < -0.3 is 4.74 Å². The molecule has 0 aromatic heterocycles. The molecule has 0 bridgehead atoms. The number of benzene rings is 2. The number of hydrogen-bond donors (Lipinski definition) is 0. The normalized spacial score (nSPS) is 11.2. The predicted molar refractivity (Wildman–Crippen MR) is 68.6 cm³/mol. The molecule has 0 heterocycles. The van der Waals surface area contributed by atoms with Crippen LogP contribution in [0.2, 0.25) is 0 Å². The largest absolute Gasteiger partial charge is 0.573 e. The molecular formula is C15H10F4O. The fourth-order valence-corrected chi connectivity index (χ4v) is 1.74. The average molecular weight is 282 g/mol. The second kappa shape index (κ2) is 5.36. The lowest BCUT2D eigenvalue weighted by Crippen LogP contribution is -2.17. The molecule has 2 aromatic rings. The van der Waals surface area contributed by atoms with E-state index in [4.69, 9.17) is 0 Å². The van der Waals surface area contributed by atoms with Gasteiger partial charge in [0.1, 0.15) is 11.6 Å². The average Bonchev–Trinajstić information content (AvgIpc) is 2.37. The van der Waals surface area contributed by atoms with Gasteiger partial charge in [0.2, 0.25) is 0 Å². The van der Waals surface area contributed by atoms with Crippen LogP contribution in [0.5, 0.6) is 5.75 Å². The zero-order valence-corrected chi connectivity index (χ0v) is 10.2. The monoisotopic (exact) mass is 282 g/mol. The second-order valence-electron chi connectivity index (χ2n) is 4.01. The summed E-state index contributed by atoms with van der Waals surface area (Å²) in [6.45, 7) is 3.44. The van der Waals surface area contributed by atoms with Crippen LogP contribution in [0.4, 0.5) is 17.6 Å². The Morgan fingerprint density at radius 2 is 1.55 bits per heavy atom.